The molecule has 1 aromatic heterocycles. The van der Waals surface area contributed by atoms with Gasteiger partial charge in [-0.3, -0.25) is 4.68 Å². The van der Waals surface area contributed by atoms with Crippen LogP contribution in [0.15, 0.2) is 30.6 Å². The van der Waals surface area contributed by atoms with Gasteiger partial charge >= 0.3 is 0 Å². The van der Waals surface area contributed by atoms with Crippen molar-refractivity contribution in [3.05, 3.63) is 47.3 Å². The van der Waals surface area contributed by atoms with Gasteiger partial charge in [0.15, 0.2) is 0 Å². The number of aryl methyl sites for hydroxylation is 2. The molecule has 4 heteroatoms. The molecule has 0 saturated carbocycles. The third-order valence-corrected chi connectivity index (χ3v) is 2.86. The van der Waals surface area contributed by atoms with E-state index in [1.807, 2.05) is 42.2 Å². The molecular formula is C14H16N4. The molecule has 92 valence electrons. The van der Waals surface area contributed by atoms with E-state index in [0.29, 0.717) is 5.56 Å². The molecule has 0 fully saturated rings. The fourth-order valence-electron chi connectivity index (χ4n) is 1.75. The van der Waals surface area contributed by atoms with Crippen LogP contribution in [0.25, 0.3) is 0 Å². The van der Waals surface area contributed by atoms with Crippen LogP contribution in [0.5, 0.6) is 0 Å². The van der Waals surface area contributed by atoms with E-state index in [1.54, 1.807) is 0 Å². The van der Waals surface area contributed by atoms with Crippen molar-refractivity contribution in [2.75, 3.05) is 5.32 Å². The Hall–Kier alpha value is -2.28. The molecule has 0 aliphatic heterocycles. The molecule has 1 N–H and O–H groups in total. The van der Waals surface area contributed by atoms with Crippen LogP contribution in [0.2, 0.25) is 0 Å². The van der Waals surface area contributed by atoms with Crippen LogP contribution in [0.3, 0.4) is 0 Å². The summed E-state index contributed by atoms with van der Waals surface area (Å²) < 4.78 is 1.90. The lowest BCUT2D eigenvalue weighted by Gasteiger charge is -2.08. The highest BCUT2D eigenvalue weighted by atomic mass is 15.3. The van der Waals surface area contributed by atoms with Gasteiger partial charge in [0.2, 0.25) is 0 Å². The first-order chi connectivity index (χ1) is 8.72. The van der Waals surface area contributed by atoms with Gasteiger partial charge in [-0.05, 0) is 31.5 Å². The van der Waals surface area contributed by atoms with E-state index in [0.717, 1.165) is 29.9 Å². The fraction of sp³-hybridized carbons (Fsp3) is 0.286. The predicted molar refractivity (Wildman–Crippen MR) is 71.1 cm³/mol. The van der Waals surface area contributed by atoms with Gasteiger partial charge < -0.3 is 5.32 Å². The summed E-state index contributed by atoms with van der Waals surface area (Å²) in [7, 11) is 0. The van der Waals surface area contributed by atoms with Crippen LogP contribution < -0.4 is 5.32 Å². The maximum Gasteiger partial charge on any atom is 0.0992 e. The van der Waals surface area contributed by atoms with Gasteiger partial charge in [0.05, 0.1) is 17.8 Å². The lowest BCUT2D eigenvalue weighted by atomic mass is 10.1. The number of nitrogens with zero attached hydrogens (tertiary/aromatic N) is 3. The maximum atomic E-state index is 8.88. The molecule has 0 bridgehead atoms. The Morgan fingerprint density at radius 1 is 1.44 bits per heavy atom. The zero-order valence-electron chi connectivity index (χ0n) is 10.6. The Balaban J connectivity index is 2.08. The van der Waals surface area contributed by atoms with Gasteiger partial charge in [-0.2, -0.15) is 10.4 Å². The standard InChI is InChI=1S/C14H16N4/c1-3-18-10-13(9-17-18)8-16-14-6-12(7-15)5-4-11(14)2/h4-6,9-10,16H,3,8H2,1-2H3. The molecule has 0 spiro atoms. The zero-order chi connectivity index (χ0) is 13.0. The van der Waals surface area contributed by atoms with E-state index >= 15 is 0 Å². The summed E-state index contributed by atoms with van der Waals surface area (Å²) in [5.41, 5.74) is 3.95. The molecule has 0 radical (unpaired) electrons. The van der Waals surface area contributed by atoms with Crippen LogP contribution >= 0.6 is 0 Å². The van der Waals surface area contributed by atoms with Gasteiger partial charge in [0.25, 0.3) is 0 Å². The normalized spacial score (nSPS) is 10.1. The van der Waals surface area contributed by atoms with Crippen molar-refractivity contribution >= 4 is 5.69 Å². The maximum absolute atomic E-state index is 8.88. The average molecular weight is 240 g/mol. The summed E-state index contributed by atoms with van der Waals surface area (Å²) in [5, 5.41) is 16.4. The highest BCUT2D eigenvalue weighted by molar-refractivity contribution is 5.55. The molecule has 0 unspecified atom stereocenters. The van der Waals surface area contributed by atoms with Gasteiger partial charge in [-0.1, -0.05) is 6.07 Å². The number of rotatable bonds is 4. The first kappa shape index (κ1) is 12.2. The molecule has 2 aromatic rings. The number of nitrogens with one attached hydrogen (secondary N) is 1. The van der Waals surface area contributed by atoms with E-state index in [-0.39, 0.29) is 0 Å². The first-order valence-electron chi connectivity index (χ1n) is 5.99. The zero-order valence-corrected chi connectivity index (χ0v) is 10.6. The summed E-state index contributed by atoms with van der Waals surface area (Å²) in [6.07, 6.45) is 3.89. The lowest BCUT2D eigenvalue weighted by molar-refractivity contribution is 0.659. The second-order valence-electron chi connectivity index (χ2n) is 4.20. The van der Waals surface area contributed by atoms with Crippen molar-refractivity contribution < 1.29 is 0 Å². The molecule has 18 heavy (non-hydrogen) atoms. The minimum absolute atomic E-state index is 0.673. The SMILES string of the molecule is CCn1cc(CNc2cc(C#N)ccc2C)cn1. The second-order valence-corrected chi connectivity index (χ2v) is 4.20. The third kappa shape index (κ3) is 2.69. The number of hydrogen-bond donors (Lipinski definition) is 1. The predicted octanol–water partition coefficient (Wildman–Crippen LogP) is 2.70. The molecular weight excluding hydrogens is 224 g/mol. The summed E-state index contributed by atoms with van der Waals surface area (Å²) in [6.45, 7) is 5.68. The van der Waals surface area contributed by atoms with E-state index in [2.05, 4.69) is 23.4 Å². The van der Waals surface area contributed by atoms with E-state index in [4.69, 9.17) is 5.26 Å². The minimum Gasteiger partial charge on any atom is -0.381 e. The quantitative estimate of drug-likeness (QED) is 0.894. The highest BCUT2D eigenvalue weighted by Crippen LogP contribution is 2.17. The van der Waals surface area contributed by atoms with Crippen LogP contribution in [0.4, 0.5) is 5.69 Å². The Morgan fingerprint density at radius 3 is 2.94 bits per heavy atom. The molecule has 2 rings (SSSR count). The number of nitriles is 1. The third-order valence-electron chi connectivity index (χ3n) is 2.86. The Bertz CT molecular complexity index is 578. The summed E-state index contributed by atoms with van der Waals surface area (Å²) >= 11 is 0. The Kier molecular flexibility index (Phi) is 3.63. The van der Waals surface area contributed by atoms with Crippen molar-refractivity contribution in [1.82, 2.24) is 9.78 Å². The van der Waals surface area contributed by atoms with E-state index in [9.17, 15) is 0 Å². The van der Waals surface area contributed by atoms with E-state index < -0.39 is 0 Å². The van der Waals surface area contributed by atoms with Gasteiger partial charge in [0, 0.05) is 30.5 Å². The smallest absolute Gasteiger partial charge is 0.0992 e. The van der Waals surface area contributed by atoms with Crippen molar-refractivity contribution in [2.45, 2.75) is 26.9 Å². The topological polar surface area (TPSA) is 53.6 Å². The Labute approximate surface area is 107 Å². The number of aromatic nitrogens is 2. The lowest BCUT2D eigenvalue weighted by Crippen LogP contribution is -2.00. The molecule has 0 aliphatic rings. The first-order valence-corrected chi connectivity index (χ1v) is 5.99. The summed E-state index contributed by atoms with van der Waals surface area (Å²) in [5.74, 6) is 0. The molecule has 0 atom stereocenters. The molecule has 0 aliphatic carbocycles. The van der Waals surface area contributed by atoms with Crippen LogP contribution in [-0.2, 0) is 13.1 Å². The molecule has 4 nitrogen and oxygen atoms in total. The molecule has 0 saturated heterocycles. The van der Waals surface area contributed by atoms with E-state index in [1.165, 1.54) is 0 Å². The van der Waals surface area contributed by atoms with Gasteiger partial charge in [-0.25, -0.2) is 0 Å². The molecule has 0 amide bonds. The van der Waals surface area contributed by atoms with Gasteiger partial charge in [-0.15, -0.1) is 0 Å². The molecule has 1 heterocycles. The summed E-state index contributed by atoms with van der Waals surface area (Å²) in [4.78, 5) is 0. The Morgan fingerprint density at radius 2 is 2.28 bits per heavy atom. The minimum atomic E-state index is 0.673. The fourth-order valence-corrected chi connectivity index (χ4v) is 1.75. The highest BCUT2D eigenvalue weighted by Gasteiger charge is 2.01. The van der Waals surface area contributed by atoms with Crippen LogP contribution in [0.1, 0.15) is 23.6 Å². The monoisotopic (exact) mass is 240 g/mol. The van der Waals surface area contributed by atoms with Crippen molar-refractivity contribution in [3.63, 3.8) is 0 Å². The van der Waals surface area contributed by atoms with Crippen LogP contribution in [0, 0.1) is 18.3 Å². The summed E-state index contributed by atoms with van der Waals surface area (Å²) in [6, 6.07) is 7.81. The second kappa shape index (κ2) is 5.37. The van der Waals surface area contributed by atoms with Crippen molar-refractivity contribution in [2.24, 2.45) is 0 Å². The number of hydrogen-bond acceptors (Lipinski definition) is 3. The molecule has 1 aromatic carbocycles. The number of benzene rings is 1. The van der Waals surface area contributed by atoms with Crippen molar-refractivity contribution in [1.29, 1.82) is 5.26 Å². The van der Waals surface area contributed by atoms with Gasteiger partial charge in [0.1, 0.15) is 0 Å². The number of anilines is 1. The van der Waals surface area contributed by atoms with Crippen LogP contribution in [-0.4, -0.2) is 9.78 Å². The van der Waals surface area contributed by atoms with Crippen molar-refractivity contribution in [3.8, 4) is 6.07 Å². The largest absolute Gasteiger partial charge is 0.381 e. The average Bonchev–Trinajstić information content (AvgIpc) is 2.86.